The fourth-order valence-corrected chi connectivity index (χ4v) is 3.46. The van der Waals surface area contributed by atoms with Crippen molar-refractivity contribution in [3.05, 3.63) is 55.6 Å². The van der Waals surface area contributed by atoms with Crippen LogP contribution in [-0.2, 0) is 12.0 Å². The van der Waals surface area contributed by atoms with Crippen molar-refractivity contribution in [1.82, 2.24) is 0 Å². The molecule has 18 heavy (non-hydrogen) atoms. The summed E-state index contributed by atoms with van der Waals surface area (Å²) in [5.74, 6) is 0. The van der Waals surface area contributed by atoms with Gasteiger partial charge in [-0.15, -0.1) is 0 Å². The summed E-state index contributed by atoms with van der Waals surface area (Å²) in [5.41, 5.74) is 1.14. The molecular weight excluding hydrogens is 332 g/mol. The Labute approximate surface area is 125 Å². The molecule has 0 radical (unpaired) electrons. The number of benzene rings is 1. The molecule has 0 saturated heterocycles. The summed E-state index contributed by atoms with van der Waals surface area (Å²) < 4.78 is 0.921. The van der Waals surface area contributed by atoms with E-state index in [-0.39, 0.29) is 0 Å². The maximum absolute atomic E-state index is 10.6. The number of thiophene rings is 1. The molecule has 0 spiro atoms. The number of aryl methyl sites for hydroxylation is 1. The van der Waals surface area contributed by atoms with Crippen LogP contribution in [0.2, 0.25) is 5.02 Å². The maximum Gasteiger partial charge on any atom is 0.0886 e. The van der Waals surface area contributed by atoms with Crippen LogP contribution in [0.3, 0.4) is 0 Å². The highest BCUT2D eigenvalue weighted by atomic mass is 79.9. The SMILES string of the molecule is CC(O)(CCc1ccsc1)c1ccc(Br)cc1Cl. The number of aliphatic hydroxyl groups is 1. The molecule has 1 unspecified atom stereocenters. The van der Waals surface area contributed by atoms with Crippen LogP contribution in [0.4, 0.5) is 0 Å². The minimum Gasteiger partial charge on any atom is -0.385 e. The van der Waals surface area contributed by atoms with E-state index >= 15 is 0 Å². The van der Waals surface area contributed by atoms with E-state index in [1.54, 1.807) is 11.3 Å². The molecule has 96 valence electrons. The predicted molar refractivity (Wildman–Crippen MR) is 81.4 cm³/mol. The number of rotatable bonds is 4. The first-order valence-corrected chi connectivity index (χ1v) is 7.79. The van der Waals surface area contributed by atoms with Crippen molar-refractivity contribution in [2.24, 2.45) is 0 Å². The first-order chi connectivity index (χ1) is 8.49. The lowest BCUT2D eigenvalue weighted by Crippen LogP contribution is -2.22. The van der Waals surface area contributed by atoms with Crippen LogP contribution in [0.25, 0.3) is 0 Å². The van der Waals surface area contributed by atoms with Crippen LogP contribution in [0.15, 0.2) is 39.5 Å². The third kappa shape index (κ3) is 3.35. The Bertz CT molecular complexity index is 523. The largest absolute Gasteiger partial charge is 0.385 e. The molecule has 0 fully saturated rings. The standard InChI is InChI=1S/C14H14BrClOS/c1-14(17,6-4-10-5-7-18-9-10)12-3-2-11(15)8-13(12)16/h2-3,5,7-9,17H,4,6H2,1H3. The Hall–Kier alpha value is -0.350. The molecular formula is C14H14BrClOS. The smallest absolute Gasteiger partial charge is 0.0886 e. The van der Waals surface area contributed by atoms with Gasteiger partial charge in [-0.2, -0.15) is 11.3 Å². The lowest BCUT2D eigenvalue weighted by molar-refractivity contribution is 0.0482. The van der Waals surface area contributed by atoms with Crippen molar-refractivity contribution in [3.63, 3.8) is 0 Å². The van der Waals surface area contributed by atoms with Crippen molar-refractivity contribution in [2.45, 2.75) is 25.4 Å². The summed E-state index contributed by atoms with van der Waals surface area (Å²) in [7, 11) is 0. The summed E-state index contributed by atoms with van der Waals surface area (Å²) in [5, 5.41) is 15.3. The molecule has 1 heterocycles. The van der Waals surface area contributed by atoms with Gasteiger partial charge in [0.2, 0.25) is 0 Å². The molecule has 1 aromatic heterocycles. The van der Waals surface area contributed by atoms with E-state index in [0.29, 0.717) is 11.4 Å². The van der Waals surface area contributed by atoms with Gasteiger partial charge in [-0.25, -0.2) is 0 Å². The molecule has 0 amide bonds. The van der Waals surface area contributed by atoms with E-state index in [2.05, 4.69) is 32.8 Å². The molecule has 0 saturated carbocycles. The summed E-state index contributed by atoms with van der Waals surface area (Å²) in [6, 6.07) is 7.68. The fraction of sp³-hybridized carbons (Fsp3) is 0.286. The summed E-state index contributed by atoms with van der Waals surface area (Å²) >= 11 is 11.2. The van der Waals surface area contributed by atoms with Gasteiger partial charge in [0.15, 0.2) is 0 Å². The van der Waals surface area contributed by atoms with Crippen LogP contribution >= 0.6 is 38.9 Å². The average Bonchev–Trinajstić information content (AvgIpc) is 2.78. The Morgan fingerprint density at radius 1 is 1.39 bits per heavy atom. The van der Waals surface area contributed by atoms with Crippen LogP contribution in [0, 0.1) is 0 Å². The van der Waals surface area contributed by atoms with Crippen molar-refractivity contribution in [1.29, 1.82) is 0 Å². The monoisotopic (exact) mass is 344 g/mol. The topological polar surface area (TPSA) is 20.2 Å². The summed E-state index contributed by atoms with van der Waals surface area (Å²) in [4.78, 5) is 0. The van der Waals surface area contributed by atoms with Crippen molar-refractivity contribution >= 4 is 38.9 Å². The molecule has 2 rings (SSSR count). The quantitative estimate of drug-likeness (QED) is 0.826. The van der Waals surface area contributed by atoms with Gasteiger partial charge in [0, 0.05) is 15.1 Å². The zero-order chi connectivity index (χ0) is 13.2. The molecule has 1 N–H and O–H groups in total. The van der Waals surface area contributed by atoms with E-state index in [4.69, 9.17) is 11.6 Å². The normalized spacial score (nSPS) is 14.4. The van der Waals surface area contributed by atoms with Gasteiger partial charge in [0.1, 0.15) is 0 Å². The van der Waals surface area contributed by atoms with Gasteiger partial charge in [0.25, 0.3) is 0 Å². The third-order valence-electron chi connectivity index (χ3n) is 2.99. The van der Waals surface area contributed by atoms with Crippen molar-refractivity contribution < 1.29 is 5.11 Å². The van der Waals surface area contributed by atoms with E-state index in [1.807, 2.05) is 25.1 Å². The van der Waals surface area contributed by atoms with Gasteiger partial charge in [-0.05, 0) is 54.3 Å². The Morgan fingerprint density at radius 3 is 2.78 bits per heavy atom. The van der Waals surface area contributed by atoms with Gasteiger partial charge >= 0.3 is 0 Å². The van der Waals surface area contributed by atoms with E-state index < -0.39 is 5.60 Å². The molecule has 2 aromatic rings. The van der Waals surface area contributed by atoms with E-state index in [1.165, 1.54) is 5.56 Å². The van der Waals surface area contributed by atoms with E-state index in [0.717, 1.165) is 16.5 Å². The lowest BCUT2D eigenvalue weighted by Gasteiger charge is -2.25. The molecule has 0 aliphatic rings. The molecule has 0 aliphatic carbocycles. The fourth-order valence-electron chi connectivity index (χ4n) is 1.88. The second-order valence-corrected chi connectivity index (χ2v) is 6.63. The van der Waals surface area contributed by atoms with Crippen molar-refractivity contribution in [2.75, 3.05) is 0 Å². The average molecular weight is 346 g/mol. The second-order valence-electron chi connectivity index (χ2n) is 4.53. The summed E-state index contributed by atoms with van der Waals surface area (Å²) in [6.45, 7) is 1.81. The molecule has 1 atom stereocenters. The van der Waals surface area contributed by atoms with Crippen molar-refractivity contribution in [3.8, 4) is 0 Å². The Balaban J connectivity index is 2.14. The second kappa shape index (κ2) is 5.74. The lowest BCUT2D eigenvalue weighted by atomic mass is 9.90. The van der Waals surface area contributed by atoms with E-state index in [9.17, 15) is 5.11 Å². The minimum absolute atomic E-state index is 0.597. The first kappa shape index (κ1) is 14.1. The highest BCUT2D eigenvalue weighted by molar-refractivity contribution is 9.10. The van der Waals surface area contributed by atoms with Crippen LogP contribution in [-0.4, -0.2) is 5.11 Å². The Kier molecular flexibility index (Phi) is 4.49. The maximum atomic E-state index is 10.6. The highest BCUT2D eigenvalue weighted by Crippen LogP contribution is 2.33. The zero-order valence-electron chi connectivity index (χ0n) is 9.99. The molecule has 4 heteroatoms. The van der Waals surface area contributed by atoms with Gasteiger partial charge in [-0.3, -0.25) is 0 Å². The van der Waals surface area contributed by atoms with Gasteiger partial charge in [0.05, 0.1) is 5.60 Å². The van der Waals surface area contributed by atoms with Crippen LogP contribution in [0.1, 0.15) is 24.5 Å². The van der Waals surface area contributed by atoms with Gasteiger partial charge < -0.3 is 5.11 Å². The molecule has 0 bridgehead atoms. The molecule has 1 nitrogen and oxygen atoms in total. The number of hydrogen-bond donors (Lipinski definition) is 1. The van der Waals surface area contributed by atoms with Gasteiger partial charge in [-0.1, -0.05) is 33.6 Å². The first-order valence-electron chi connectivity index (χ1n) is 5.68. The summed E-state index contributed by atoms with van der Waals surface area (Å²) in [6.07, 6.45) is 1.51. The third-order valence-corrected chi connectivity index (χ3v) is 4.53. The Morgan fingerprint density at radius 2 is 2.17 bits per heavy atom. The predicted octanol–water partition coefficient (Wildman–Crippen LogP) is 5.00. The van der Waals surface area contributed by atoms with Crippen LogP contribution in [0.5, 0.6) is 0 Å². The highest BCUT2D eigenvalue weighted by Gasteiger charge is 2.25. The molecule has 0 aliphatic heterocycles. The minimum atomic E-state index is -0.903. The molecule has 1 aromatic carbocycles. The number of halogens is 2. The number of hydrogen-bond acceptors (Lipinski definition) is 2. The van der Waals surface area contributed by atoms with Crippen LogP contribution < -0.4 is 0 Å². The zero-order valence-corrected chi connectivity index (χ0v) is 13.1.